The van der Waals surface area contributed by atoms with Gasteiger partial charge in [-0.25, -0.2) is 4.98 Å². The zero-order valence-electron chi connectivity index (χ0n) is 11.1. The normalized spacial score (nSPS) is 10.3. The quantitative estimate of drug-likeness (QED) is 0.904. The number of halogens is 1. The first kappa shape index (κ1) is 13.6. The standard InChI is InChI=1S/C14H17ClN4/c1-3-16-14-17-10-12(15)13(18-14)19(4-2)11-8-6-5-7-9-11/h5-10H,3-4H2,1-2H3,(H,16,17,18). The molecule has 1 aromatic heterocycles. The summed E-state index contributed by atoms with van der Waals surface area (Å²) < 4.78 is 0. The van der Waals surface area contributed by atoms with Gasteiger partial charge in [0.05, 0.1) is 6.20 Å². The minimum atomic E-state index is 0.548. The Hall–Kier alpha value is -1.81. The predicted molar refractivity (Wildman–Crippen MR) is 80.3 cm³/mol. The van der Waals surface area contributed by atoms with E-state index in [4.69, 9.17) is 11.6 Å². The Morgan fingerprint density at radius 2 is 1.95 bits per heavy atom. The van der Waals surface area contributed by atoms with Crippen molar-refractivity contribution in [3.63, 3.8) is 0 Å². The smallest absolute Gasteiger partial charge is 0.224 e. The molecular formula is C14H17ClN4. The molecule has 1 aromatic carbocycles. The van der Waals surface area contributed by atoms with E-state index in [-0.39, 0.29) is 0 Å². The average Bonchev–Trinajstić information content (AvgIpc) is 2.44. The minimum Gasteiger partial charge on any atom is -0.354 e. The van der Waals surface area contributed by atoms with Gasteiger partial charge in [-0.3, -0.25) is 0 Å². The zero-order chi connectivity index (χ0) is 13.7. The number of rotatable bonds is 5. The van der Waals surface area contributed by atoms with E-state index >= 15 is 0 Å². The minimum absolute atomic E-state index is 0.548. The van der Waals surface area contributed by atoms with Gasteiger partial charge in [0.15, 0.2) is 5.82 Å². The fourth-order valence-electron chi connectivity index (χ4n) is 1.85. The highest BCUT2D eigenvalue weighted by Gasteiger charge is 2.13. The van der Waals surface area contributed by atoms with Crippen LogP contribution in [0.2, 0.25) is 5.02 Å². The second kappa shape index (κ2) is 6.38. The largest absolute Gasteiger partial charge is 0.354 e. The van der Waals surface area contributed by atoms with Crippen LogP contribution in [0, 0.1) is 0 Å². The first-order valence-corrected chi connectivity index (χ1v) is 6.73. The third-order valence-corrected chi connectivity index (χ3v) is 2.97. The molecular weight excluding hydrogens is 260 g/mol. The summed E-state index contributed by atoms with van der Waals surface area (Å²) in [5.74, 6) is 1.32. The maximum atomic E-state index is 6.23. The van der Waals surface area contributed by atoms with Gasteiger partial charge < -0.3 is 10.2 Å². The van der Waals surface area contributed by atoms with Gasteiger partial charge >= 0.3 is 0 Å². The fourth-order valence-corrected chi connectivity index (χ4v) is 2.05. The Labute approximate surface area is 118 Å². The van der Waals surface area contributed by atoms with Crippen molar-refractivity contribution in [1.29, 1.82) is 0 Å². The summed E-state index contributed by atoms with van der Waals surface area (Å²) in [7, 11) is 0. The number of hydrogen-bond donors (Lipinski definition) is 1. The summed E-state index contributed by atoms with van der Waals surface area (Å²) in [5.41, 5.74) is 1.06. The second-order valence-electron chi connectivity index (χ2n) is 3.98. The molecule has 0 bridgehead atoms. The number of hydrogen-bond acceptors (Lipinski definition) is 4. The Morgan fingerprint density at radius 3 is 2.58 bits per heavy atom. The highest BCUT2D eigenvalue weighted by Crippen LogP contribution is 2.29. The average molecular weight is 277 g/mol. The molecule has 0 spiro atoms. The van der Waals surface area contributed by atoms with Gasteiger partial charge in [0.1, 0.15) is 5.02 Å². The van der Waals surface area contributed by atoms with Crippen molar-refractivity contribution >= 4 is 29.1 Å². The van der Waals surface area contributed by atoms with Gasteiger partial charge in [0.2, 0.25) is 5.95 Å². The second-order valence-corrected chi connectivity index (χ2v) is 4.38. The van der Waals surface area contributed by atoms with Crippen LogP contribution in [0.15, 0.2) is 36.5 Å². The van der Waals surface area contributed by atoms with E-state index in [0.717, 1.165) is 24.6 Å². The van der Waals surface area contributed by atoms with E-state index in [0.29, 0.717) is 11.0 Å². The molecule has 0 fully saturated rings. The summed E-state index contributed by atoms with van der Waals surface area (Å²) in [5, 5.41) is 3.65. The lowest BCUT2D eigenvalue weighted by Crippen LogP contribution is -2.18. The molecule has 100 valence electrons. The molecule has 0 unspecified atom stereocenters. The molecule has 0 saturated carbocycles. The van der Waals surface area contributed by atoms with E-state index in [1.54, 1.807) is 6.20 Å². The molecule has 19 heavy (non-hydrogen) atoms. The van der Waals surface area contributed by atoms with E-state index in [9.17, 15) is 0 Å². The highest BCUT2D eigenvalue weighted by atomic mass is 35.5. The fraction of sp³-hybridized carbons (Fsp3) is 0.286. The number of benzene rings is 1. The highest BCUT2D eigenvalue weighted by molar-refractivity contribution is 6.33. The zero-order valence-corrected chi connectivity index (χ0v) is 11.9. The lowest BCUT2D eigenvalue weighted by molar-refractivity contribution is 0.971. The topological polar surface area (TPSA) is 41.1 Å². The Balaban J connectivity index is 2.40. The van der Waals surface area contributed by atoms with Gasteiger partial charge in [0.25, 0.3) is 0 Å². The Morgan fingerprint density at radius 1 is 1.21 bits per heavy atom. The number of nitrogens with one attached hydrogen (secondary N) is 1. The monoisotopic (exact) mass is 276 g/mol. The first-order valence-electron chi connectivity index (χ1n) is 6.35. The van der Waals surface area contributed by atoms with Crippen molar-refractivity contribution < 1.29 is 0 Å². The molecule has 0 radical (unpaired) electrons. The molecule has 0 aliphatic carbocycles. The third-order valence-electron chi connectivity index (χ3n) is 2.70. The molecule has 0 aliphatic rings. The van der Waals surface area contributed by atoms with Gasteiger partial charge in [-0.2, -0.15) is 4.98 Å². The van der Waals surface area contributed by atoms with Gasteiger partial charge in [-0.1, -0.05) is 29.8 Å². The van der Waals surface area contributed by atoms with Crippen molar-refractivity contribution in [3.8, 4) is 0 Å². The van der Waals surface area contributed by atoms with Crippen LogP contribution in [0.1, 0.15) is 13.8 Å². The van der Waals surface area contributed by atoms with Crippen LogP contribution in [-0.4, -0.2) is 23.1 Å². The molecule has 4 nitrogen and oxygen atoms in total. The molecule has 0 saturated heterocycles. The number of aromatic nitrogens is 2. The summed E-state index contributed by atoms with van der Waals surface area (Å²) in [6, 6.07) is 10.1. The molecule has 0 atom stereocenters. The van der Waals surface area contributed by atoms with Crippen LogP contribution in [0.5, 0.6) is 0 Å². The molecule has 0 aliphatic heterocycles. The molecule has 1 heterocycles. The first-order chi connectivity index (χ1) is 9.26. The number of anilines is 3. The summed E-state index contributed by atoms with van der Waals surface area (Å²) in [6.07, 6.45) is 1.63. The molecule has 0 amide bonds. The van der Waals surface area contributed by atoms with Crippen LogP contribution < -0.4 is 10.2 Å². The van der Waals surface area contributed by atoms with E-state index in [2.05, 4.69) is 27.1 Å². The lowest BCUT2D eigenvalue weighted by Gasteiger charge is -2.23. The molecule has 1 N–H and O–H groups in total. The Kier molecular flexibility index (Phi) is 4.58. The van der Waals surface area contributed by atoms with Crippen molar-refractivity contribution in [2.75, 3.05) is 23.3 Å². The van der Waals surface area contributed by atoms with Crippen LogP contribution in [0.3, 0.4) is 0 Å². The predicted octanol–water partition coefficient (Wildman–Crippen LogP) is 3.72. The molecule has 5 heteroatoms. The lowest BCUT2D eigenvalue weighted by atomic mass is 10.3. The SMILES string of the molecule is CCNc1ncc(Cl)c(N(CC)c2ccccc2)n1. The van der Waals surface area contributed by atoms with Gasteiger partial charge in [-0.05, 0) is 26.0 Å². The summed E-state index contributed by atoms with van der Waals surface area (Å²) in [6.45, 7) is 5.63. The van der Waals surface area contributed by atoms with Crippen molar-refractivity contribution in [3.05, 3.63) is 41.6 Å². The third kappa shape index (κ3) is 3.15. The van der Waals surface area contributed by atoms with Crippen LogP contribution in [-0.2, 0) is 0 Å². The van der Waals surface area contributed by atoms with Gasteiger partial charge in [0, 0.05) is 18.8 Å². The van der Waals surface area contributed by atoms with Crippen molar-refractivity contribution in [1.82, 2.24) is 9.97 Å². The Bertz CT molecular complexity index is 530. The maximum absolute atomic E-state index is 6.23. The summed E-state index contributed by atoms with van der Waals surface area (Å²) in [4.78, 5) is 10.7. The number of para-hydroxylation sites is 1. The van der Waals surface area contributed by atoms with E-state index in [1.807, 2.05) is 37.3 Å². The molecule has 2 rings (SSSR count). The van der Waals surface area contributed by atoms with Crippen LogP contribution in [0.4, 0.5) is 17.5 Å². The van der Waals surface area contributed by atoms with Gasteiger partial charge in [-0.15, -0.1) is 0 Å². The van der Waals surface area contributed by atoms with Crippen LogP contribution in [0.25, 0.3) is 0 Å². The van der Waals surface area contributed by atoms with Crippen molar-refractivity contribution in [2.45, 2.75) is 13.8 Å². The van der Waals surface area contributed by atoms with Crippen molar-refractivity contribution in [2.24, 2.45) is 0 Å². The number of nitrogens with zero attached hydrogens (tertiary/aromatic N) is 3. The van der Waals surface area contributed by atoms with E-state index < -0.39 is 0 Å². The van der Waals surface area contributed by atoms with Crippen LogP contribution >= 0.6 is 11.6 Å². The van der Waals surface area contributed by atoms with E-state index in [1.165, 1.54) is 0 Å². The summed E-state index contributed by atoms with van der Waals surface area (Å²) >= 11 is 6.23. The molecule has 2 aromatic rings. The maximum Gasteiger partial charge on any atom is 0.224 e.